The average molecular weight is 278 g/mol. The van der Waals surface area contributed by atoms with Crippen LogP contribution in [0.5, 0.6) is 11.5 Å². The van der Waals surface area contributed by atoms with Gasteiger partial charge in [-0.25, -0.2) is 4.79 Å². The first-order valence-corrected chi connectivity index (χ1v) is 5.76. The Balaban J connectivity index is 2.51. The van der Waals surface area contributed by atoms with E-state index in [1.807, 2.05) is 0 Å². The van der Waals surface area contributed by atoms with Gasteiger partial charge < -0.3 is 20.3 Å². The molecule has 1 amide bonds. The van der Waals surface area contributed by atoms with E-state index >= 15 is 0 Å². The van der Waals surface area contributed by atoms with Gasteiger partial charge in [0.15, 0.2) is 0 Å². The van der Waals surface area contributed by atoms with Gasteiger partial charge in [-0.3, -0.25) is 9.69 Å². The summed E-state index contributed by atoms with van der Waals surface area (Å²) >= 11 is 0. The van der Waals surface area contributed by atoms with Gasteiger partial charge in [0.05, 0.1) is 31.9 Å². The van der Waals surface area contributed by atoms with Crippen LogP contribution in [-0.4, -0.2) is 31.2 Å². The number of nitrogens with zero attached hydrogens (tertiary/aromatic N) is 1. The molecule has 7 nitrogen and oxygen atoms in total. The second-order valence-electron chi connectivity index (χ2n) is 4.11. The SMILES string of the molecule is COc1ccc(N2C(=O)CC(C(=O)O)=C2N)c(OC)c1. The molecule has 1 aliphatic rings. The van der Waals surface area contributed by atoms with E-state index in [1.165, 1.54) is 14.2 Å². The van der Waals surface area contributed by atoms with E-state index < -0.39 is 11.9 Å². The van der Waals surface area contributed by atoms with Crippen LogP contribution in [0.1, 0.15) is 6.42 Å². The Kier molecular flexibility index (Phi) is 3.51. The summed E-state index contributed by atoms with van der Waals surface area (Å²) < 4.78 is 10.3. The van der Waals surface area contributed by atoms with Gasteiger partial charge in [0.1, 0.15) is 17.3 Å². The number of aliphatic carboxylic acids is 1. The zero-order valence-corrected chi connectivity index (χ0v) is 11.0. The number of benzene rings is 1. The lowest BCUT2D eigenvalue weighted by molar-refractivity contribution is -0.133. The van der Waals surface area contributed by atoms with Gasteiger partial charge in [-0.15, -0.1) is 0 Å². The zero-order chi connectivity index (χ0) is 14.9. The van der Waals surface area contributed by atoms with Crippen LogP contribution in [0.15, 0.2) is 29.6 Å². The van der Waals surface area contributed by atoms with Crippen molar-refractivity contribution >= 4 is 17.6 Å². The lowest BCUT2D eigenvalue weighted by Crippen LogP contribution is -2.29. The third-order valence-corrected chi connectivity index (χ3v) is 3.01. The monoisotopic (exact) mass is 278 g/mol. The Labute approximate surface area is 115 Å². The quantitative estimate of drug-likeness (QED) is 0.840. The number of ether oxygens (including phenoxy) is 2. The molecule has 1 aliphatic heterocycles. The van der Waals surface area contributed by atoms with Crippen LogP contribution in [-0.2, 0) is 9.59 Å². The van der Waals surface area contributed by atoms with Crippen molar-refractivity contribution in [3.8, 4) is 11.5 Å². The fraction of sp³-hybridized carbons (Fsp3) is 0.231. The number of methoxy groups -OCH3 is 2. The van der Waals surface area contributed by atoms with E-state index in [0.717, 1.165) is 4.90 Å². The molecule has 0 atom stereocenters. The number of nitrogens with two attached hydrogens (primary N) is 1. The average Bonchev–Trinajstić information content (AvgIpc) is 2.73. The van der Waals surface area contributed by atoms with Crippen LogP contribution in [0.2, 0.25) is 0 Å². The Morgan fingerprint density at radius 2 is 2.05 bits per heavy atom. The van der Waals surface area contributed by atoms with Crippen LogP contribution < -0.4 is 20.1 Å². The minimum Gasteiger partial charge on any atom is -0.497 e. The molecule has 0 saturated heterocycles. The molecule has 0 unspecified atom stereocenters. The fourth-order valence-electron chi connectivity index (χ4n) is 2.01. The third kappa shape index (κ3) is 2.13. The van der Waals surface area contributed by atoms with Crippen LogP contribution in [0, 0.1) is 0 Å². The first-order valence-electron chi connectivity index (χ1n) is 5.76. The molecular weight excluding hydrogens is 264 g/mol. The maximum atomic E-state index is 12.0. The highest BCUT2D eigenvalue weighted by atomic mass is 16.5. The number of carbonyl (C=O) groups excluding carboxylic acids is 1. The third-order valence-electron chi connectivity index (χ3n) is 3.01. The molecule has 0 fully saturated rings. The predicted octanol–water partition coefficient (Wildman–Crippen LogP) is 0.695. The zero-order valence-electron chi connectivity index (χ0n) is 11.0. The normalized spacial score (nSPS) is 14.7. The van der Waals surface area contributed by atoms with Crippen molar-refractivity contribution in [3.63, 3.8) is 0 Å². The fourth-order valence-corrected chi connectivity index (χ4v) is 2.01. The Hall–Kier alpha value is -2.70. The molecule has 0 aromatic heterocycles. The van der Waals surface area contributed by atoms with Crippen molar-refractivity contribution in [1.82, 2.24) is 0 Å². The molecule has 0 radical (unpaired) electrons. The number of anilines is 1. The molecular formula is C13H14N2O5. The minimum absolute atomic E-state index is 0.0917. The molecule has 0 saturated carbocycles. The molecule has 0 bridgehead atoms. The van der Waals surface area contributed by atoms with Crippen molar-refractivity contribution in [2.45, 2.75) is 6.42 Å². The number of carbonyl (C=O) groups is 2. The summed E-state index contributed by atoms with van der Waals surface area (Å²) in [6.45, 7) is 0. The number of carboxylic acid groups (broad SMARTS) is 1. The largest absolute Gasteiger partial charge is 0.497 e. The summed E-state index contributed by atoms with van der Waals surface area (Å²) in [6.07, 6.45) is -0.240. The minimum atomic E-state index is -1.20. The van der Waals surface area contributed by atoms with Gasteiger partial charge in [-0.05, 0) is 12.1 Å². The predicted molar refractivity (Wildman–Crippen MR) is 70.5 cm³/mol. The summed E-state index contributed by atoms with van der Waals surface area (Å²) in [5.41, 5.74) is 6.02. The van der Waals surface area contributed by atoms with Crippen molar-refractivity contribution in [2.24, 2.45) is 5.73 Å². The van der Waals surface area contributed by atoms with Gasteiger partial charge in [0.25, 0.3) is 0 Å². The molecule has 3 N–H and O–H groups in total. The highest BCUT2D eigenvalue weighted by Gasteiger charge is 2.34. The van der Waals surface area contributed by atoms with Gasteiger partial charge in [-0.2, -0.15) is 0 Å². The summed E-state index contributed by atoms with van der Waals surface area (Å²) in [5, 5.41) is 9.01. The second-order valence-corrected chi connectivity index (χ2v) is 4.11. The van der Waals surface area contributed by atoms with Crippen molar-refractivity contribution in [2.75, 3.05) is 19.1 Å². The van der Waals surface area contributed by atoms with Crippen LogP contribution in [0.3, 0.4) is 0 Å². The van der Waals surface area contributed by atoms with Gasteiger partial charge in [-0.1, -0.05) is 0 Å². The number of rotatable bonds is 4. The van der Waals surface area contributed by atoms with Crippen molar-refractivity contribution in [3.05, 3.63) is 29.6 Å². The van der Waals surface area contributed by atoms with E-state index in [1.54, 1.807) is 18.2 Å². The molecule has 0 aliphatic carbocycles. The van der Waals surface area contributed by atoms with E-state index in [0.29, 0.717) is 17.2 Å². The van der Waals surface area contributed by atoms with Crippen LogP contribution in [0.25, 0.3) is 0 Å². The van der Waals surface area contributed by atoms with Crippen molar-refractivity contribution < 1.29 is 24.2 Å². The topological polar surface area (TPSA) is 102 Å². The standard InChI is InChI=1S/C13H14N2O5/c1-19-7-3-4-9(10(5-7)20-2)15-11(16)6-8(12(15)14)13(17)18/h3-5H,6,14H2,1-2H3,(H,17,18). The first-order chi connectivity index (χ1) is 9.49. The van der Waals surface area contributed by atoms with Crippen molar-refractivity contribution in [1.29, 1.82) is 0 Å². The molecule has 1 heterocycles. The number of hydrogen-bond acceptors (Lipinski definition) is 5. The summed E-state index contributed by atoms with van der Waals surface area (Å²) in [6, 6.07) is 4.82. The number of carboxylic acids is 1. The summed E-state index contributed by atoms with van der Waals surface area (Å²) in [4.78, 5) is 24.1. The molecule has 20 heavy (non-hydrogen) atoms. The van der Waals surface area contributed by atoms with E-state index in [9.17, 15) is 9.59 Å². The van der Waals surface area contributed by atoms with Gasteiger partial charge in [0.2, 0.25) is 5.91 Å². The second kappa shape index (κ2) is 5.12. The summed E-state index contributed by atoms with van der Waals surface area (Å²) in [7, 11) is 2.95. The highest BCUT2D eigenvalue weighted by molar-refractivity contribution is 6.09. The first kappa shape index (κ1) is 13.7. The molecule has 1 aromatic rings. The van der Waals surface area contributed by atoms with Gasteiger partial charge >= 0.3 is 5.97 Å². The molecule has 2 rings (SSSR count). The lowest BCUT2D eigenvalue weighted by Gasteiger charge is -2.20. The maximum Gasteiger partial charge on any atom is 0.335 e. The number of amides is 1. The van der Waals surface area contributed by atoms with E-state index in [2.05, 4.69) is 0 Å². The highest BCUT2D eigenvalue weighted by Crippen LogP contribution is 2.37. The Bertz CT molecular complexity index is 609. The lowest BCUT2D eigenvalue weighted by atomic mass is 10.2. The summed E-state index contributed by atoms with van der Waals surface area (Å²) in [5.74, 6) is -0.786. The maximum absolute atomic E-state index is 12.0. The Morgan fingerprint density at radius 3 is 2.55 bits per heavy atom. The molecule has 7 heteroatoms. The van der Waals surface area contributed by atoms with E-state index in [-0.39, 0.29) is 17.8 Å². The number of hydrogen-bond donors (Lipinski definition) is 2. The Morgan fingerprint density at radius 1 is 1.35 bits per heavy atom. The smallest absolute Gasteiger partial charge is 0.335 e. The van der Waals surface area contributed by atoms with Crippen LogP contribution in [0.4, 0.5) is 5.69 Å². The van der Waals surface area contributed by atoms with Crippen LogP contribution >= 0.6 is 0 Å². The van der Waals surface area contributed by atoms with Gasteiger partial charge in [0, 0.05) is 6.07 Å². The molecule has 0 spiro atoms. The van der Waals surface area contributed by atoms with E-state index in [4.69, 9.17) is 20.3 Å². The molecule has 106 valence electrons. The molecule has 1 aromatic carbocycles.